The van der Waals surface area contributed by atoms with Gasteiger partial charge in [-0.15, -0.1) is 0 Å². The van der Waals surface area contributed by atoms with Crippen LogP contribution in [0.5, 0.6) is 0 Å². The molecule has 90 valence electrons. The first-order chi connectivity index (χ1) is 8.08. The molecule has 0 aliphatic rings. The van der Waals surface area contributed by atoms with E-state index in [4.69, 9.17) is 9.15 Å². The minimum absolute atomic E-state index is 0.0277. The zero-order chi connectivity index (χ0) is 12.4. The van der Waals surface area contributed by atoms with Crippen LogP contribution in [-0.4, -0.2) is 18.5 Å². The van der Waals surface area contributed by atoms with Crippen LogP contribution in [0.25, 0.3) is 11.0 Å². The summed E-state index contributed by atoms with van der Waals surface area (Å²) in [4.78, 5) is 11.7. The molecule has 0 amide bonds. The molecule has 0 aliphatic carbocycles. The highest BCUT2D eigenvalue weighted by Crippen LogP contribution is 2.22. The molecule has 4 heteroatoms. The summed E-state index contributed by atoms with van der Waals surface area (Å²) >= 11 is 0. The zero-order valence-electron chi connectivity index (χ0n) is 9.70. The smallest absolute Gasteiger partial charge is 0.223 e. The summed E-state index contributed by atoms with van der Waals surface area (Å²) in [6, 6.07) is 6.10. The zero-order valence-corrected chi connectivity index (χ0v) is 9.70. The second kappa shape index (κ2) is 4.67. The van der Waals surface area contributed by atoms with Crippen molar-refractivity contribution in [2.45, 2.75) is 20.0 Å². The minimum atomic E-state index is -0.466. The number of furan rings is 1. The molecule has 1 aromatic carbocycles. The molecule has 17 heavy (non-hydrogen) atoms. The van der Waals surface area contributed by atoms with Gasteiger partial charge in [0.05, 0.1) is 6.10 Å². The van der Waals surface area contributed by atoms with Crippen molar-refractivity contribution in [3.05, 3.63) is 35.8 Å². The number of hydrogen-bond donors (Lipinski definition) is 0. The molecule has 2 aromatic rings. The molecule has 0 spiro atoms. The second-order valence-corrected chi connectivity index (χ2v) is 4.05. The van der Waals surface area contributed by atoms with E-state index in [1.807, 2.05) is 13.8 Å². The second-order valence-electron chi connectivity index (χ2n) is 4.05. The highest BCUT2D eigenvalue weighted by Gasteiger charge is 2.14. The molecule has 1 heterocycles. The van der Waals surface area contributed by atoms with Crippen LogP contribution in [0.1, 0.15) is 24.4 Å². The molecule has 0 aliphatic heterocycles. The molecule has 0 bridgehead atoms. The predicted molar refractivity (Wildman–Crippen MR) is 61.6 cm³/mol. The van der Waals surface area contributed by atoms with Gasteiger partial charge in [-0.25, -0.2) is 4.39 Å². The van der Waals surface area contributed by atoms with Crippen LogP contribution in [0, 0.1) is 5.82 Å². The average molecular weight is 236 g/mol. The SMILES string of the molecule is CC(C)OCC(=O)c1cc2cccc(F)c2o1. The van der Waals surface area contributed by atoms with Crippen LogP contribution in [-0.2, 0) is 4.74 Å². The number of para-hydroxylation sites is 1. The number of carbonyl (C=O) groups excluding carboxylic acids is 1. The number of fused-ring (bicyclic) bond motifs is 1. The van der Waals surface area contributed by atoms with Gasteiger partial charge >= 0.3 is 0 Å². The van der Waals surface area contributed by atoms with E-state index >= 15 is 0 Å². The standard InChI is InChI=1S/C13H13FO3/c1-8(2)16-7-11(15)12-6-9-4-3-5-10(14)13(9)17-12/h3-6,8H,7H2,1-2H3. The third-order valence-corrected chi connectivity index (χ3v) is 2.32. The van der Waals surface area contributed by atoms with Crippen LogP contribution in [0.15, 0.2) is 28.7 Å². The number of hydrogen-bond acceptors (Lipinski definition) is 3. The van der Waals surface area contributed by atoms with Crippen LogP contribution in [0.4, 0.5) is 4.39 Å². The lowest BCUT2D eigenvalue weighted by Gasteiger charge is -2.04. The number of Topliss-reactive ketones (excluding diaryl/α,β-unsaturated/α-hetero) is 1. The number of ether oxygens (including phenoxy) is 1. The normalized spacial score (nSPS) is 11.3. The van der Waals surface area contributed by atoms with Crippen molar-refractivity contribution in [3.8, 4) is 0 Å². The number of ketones is 1. The maximum Gasteiger partial charge on any atom is 0.223 e. The Bertz CT molecular complexity index is 543. The summed E-state index contributed by atoms with van der Waals surface area (Å²) in [6.45, 7) is 3.62. The molecule has 0 unspecified atom stereocenters. The van der Waals surface area contributed by atoms with Gasteiger partial charge < -0.3 is 9.15 Å². The summed E-state index contributed by atoms with van der Waals surface area (Å²) in [7, 11) is 0. The number of rotatable bonds is 4. The van der Waals surface area contributed by atoms with Gasteiger partial charge in [0, 0.05) is 5.39 Å². The van der Waals surface area contributed by atoms with Gasteiger partial charge in [0.25, 0.3) is 0 Å². The number of benzene rings is 1. The van der Waals surface area contributed by atoms with Crippen molar-refractivity contribution >= 4 is 16.8 Å². The summed E-state index contributed by atoms with van der Waals surface area (Å²) < 4.78 is 23.7. The van der Waals surface area contributed by atoms with E-state index in [0.29, 0.717) is 5.39 Å². The van der Waals surface area contributed by atoms with E-state index in [1.165, 1.54) is 12.1 Å². The van der Waals surface area contributed by atoms with E-state index in [-0.39, 0.29) is 29.8 Å². The van der Waals surface area contributed by atoms with Crippen molar-refractivity contribution in [1.82, 2.24) is 0 Å². The first-order valence-electron chi connectivity index (χ1n) is 5.41. The lowest BCUT2D eigenvalue weighted by molar-refractivity contribution is 0.0564. The van der Waals surface area contributed by atoms with Gasteiger partial charge in [0.1, 0.15) is 6.61 Å². The molecule has 0 saturated heterocycles. The molecule has 0 saturated carbocycles. The first-order valence-corrected chi connectivity index (χ1v) is 5.41. The topological polar surface area (TPSA) is 39.4 Å². The maximum absolute atomic E-state index is 13.3. The summed E-state index contributed by atoms with van der Waals surface area (Å²) in [5.74, 6) is -0.619. The van der Waals surface area contributed by atoms with E-state index in [9.17, 15) is 9.18 Å². The highest BCUT2D eigenvalue weighted by atomic mass is 19.1. The Morgan fingerprint density at radius 3 is 2.88 bits per heavy atom. The molecular formula is C13H13FO3. The molecule has 0 atom stereocenters. The molecule has 0 radical (unpaired) electrons. The van der Waals surface area contributed by atoms with E-state index < -0.39 is 5.82 Å². The average Bonchev–Trinajstić information content (AvgIpc) is 2.71. The summed E-state index contributed by atoms with van der Waals surface area (Å²) in [5.41, 5.74) is 0.111. The largest absolute Gasteiger partial charge is 0.450 e. The summed E-state index contributed by atoms with van der Waals surface area (Å²) in [5, 5.41) is 0.581. The first kappa shape index (κ1) is 11.8. The van der Waals surface area contributed by atoms with Gasteiger partial charge in [0.2, 0.25) is 5.78 Å². The third kappa shape index (κ3) is 2.53. The van der Waals surface area contributed by atoms with Crippen molar-refractivity contribution in [2.75, 3.05) is 6.61 Å². The Labute approximate surface area is 98.2 Å². The fourth-order valence-electron chi connectivity index (χ4n) is 1.48. The number of carbonyl (C=O) groups is 1. The minimum Gasteiger partial charge on any atom is -0.450 e. The van der Waals surface area contributed by atoms with Crippen molar-refractivity contribution in [2.24, 2.45) is 0 Å². The van der Waals surface area contributed by atoms with Crippen LogP contribution >= 0.6 is 0 Å². The molecular weight excluding hydrogens is 223 g/mol. The van der Waals surface area contributed by atoms with Gasteiger partial charge in [-0.2, -0.15) is 0 Å². The van der Waals surface area contributed by atoms with Crippen molar-refractivity contribution < 1.29 is 18.3 Å². The van der Waals surface area contributed by atoms with Crippen molar-refractivity contribution in [1.29, 1.82) is 0 Å². The van der Waals surface area contributed by atoms with E-state index in [1.54, 1.807) is 12.1 Å². The molecule has 0 fully saturated rings. The fourth-order valence-corrected chi connectivity index (χ4v) is 1.48. The lowest BCUT2D eigenvalue weighted by Crippen LogP contribution is -2.12. The molecule has 2 rings (SSSR count). The van der Waals surface area contributed by atoms with Gasteiger partial charge in [0.15, 0.2) is 17.2 Å². The quantitative estimate of drug-likeness (QED) is 0.765. The number of halogens is 1. The van der Waals surface area contributed by atoms with Gasteiger partial charge in [-0.3, -0.25) is 4.79 Å². The predicted octanol–water partition coefficient (Wildman–Crippen LogP) is 3.18. The van der Waals surface area contributed by atoms with E-state index in [2.05, 4.69) is 0 Å². The highest BCUT2D eigenvalue weighted by molar-refractivity contribution is 5.98. The Morgan fingerprint density at radius 1 is 1.47 bits per heavy atom. The Hall–Kier alpha value is -1.68. The van der Waals surface area contributed by atoms with E-state index in [0.717, 1.165) is 0 Å². The van der Waals surface area contributed by atoms with Crippen molar-refractivity contribution in [3.63, 3.8) is 0 Å². The Balaban J connectivity index is 2.24. The maximum atomic E-state index is 13.3. The molecule has 0 N–H and O–H groups in total. The van der Waals surface area contributed by atoms with Gasteiger partial charge in [-0.05, 0) is 26.0 Å². The Morgan fingerprint density at radius 2 is 2.24 bits per heavy atom. The van der Waals surface area contributed by atoms with Crippen LogP contribution in [0.3, 0.4) is 0 Å². The molecule has 1 aromatic heterocycles. The Kier molecular flexibility index (Phi) is 3.24. The summed E-state index contributed by atoms with van der Waals surface area (Å²) in [6.07, 6.45) is -0.0277. The fraction of sp³-hybridized carbons (Fsp3) is 0.308. The molecule has 3 nitrogen and oxygen atoms in total. The monoisotopic (exact) mass is 236 g/mol. The van der Waals surface area contributed by atoms with Gasteiger partial charge in [-0.1, -0.05) is 12.1 Å². The van der Waals surface area contributed by atoms with Crippen LogP contribution < -0.4 is 0 Å². The lowest BCUT2D eigenvalue weighted by atomic mass is 10.2. The van der Waals surface area contributed by atoms with Crippen LogP contribution in [0.2, 0.25) is 0 Å². The third-order valence-electron chi connectivity index (χ3n) is 2.32.